The molecule has 0 radical (unpaired) electrons. The Labute approximate surface area is 131 Å². The van der Waals surface area contributed by atoms with Gasteiger partial charge in [-0.25, -0.2) is 0 Å². The fraction of sp³-hybridized carbons (Fsp3) is 0.176. The molecule has 0 bridgehead atoms. The van der Waals surface area contributed by atoms with Crippen molar-refractivity contribution in [1.29, 1.82) is 0 Å². The van der Waals surface area contributed by atoms with Crippen LogP contribution in [0.4, 0.5) is 0 Å². The molecule has 3 aromatic rings. The molecule has 21 heavy (non-hydrogen) atoms. The Kier molecular flexibility index (Phi) is 3.99. The number of benzene rings is 2. The average molecular weight is 347 g/mol. The minimum Gasteiger partial charge on any atom is -0.496 e. The van der Waals surface area contributed by atoms with Gasteiger partial charge in [0.15, 0.2) is 0 Å². The number of aliphatic hydroxyl groups is 1. The van der Waals surface area contributed by atoms with Gasteiger partial charge in [-0.15, -0.1) is 0 Å². The molecule has 2 aromatic carbocycles. The van der Waals surface area contributed by atoms with E-state index < -0.39 is 6.10 Å². The van der Waals surface area contributed by atoms with Crippen LogP contribution in [0.2, 0.25) is 0 Å². The third-order valence-electron chi connectivity index (χ3n) is 3.52. The maximum Gasteiger partial charge on any atom is 0.134 e. The summed E-state index contributed by atoms with van der Waals surface area (Å²) in [5.74, 6) is 0.780. The zero-order valence-corrected chi connectivity index (χ0v) is 13.1. The van der Waals surface area contributed by atoms with Gasteiger partial charge >= 0.3 is 0 Å². The van der Waals surface area contributed by atoms with Crippen molar-refractivity contribution in [1.82, 2.24) is 0 Å². The molecule has 0 fully saturated rings. The lowest BCUT2D eigenvalue weighted by Crippen LogP contribution is -2.01. The zero-order valence-electron chi connectivity index (χ0n) is 11.5. The topological polar surface area (TPSA) is 42.6 Å². The van der Waals surface area contributed by atoms with E-state index in [1.807, 2.05) is 42.5 Å². The molecule has 1 atom stereocenters. The number of fused-ring (bicyclic) bond motifs is 1. The van der Waals surface area contributed by atoms with Gasteiger partial charge in [0, 0.05) is 17.4 Å². The van der Waals surface area contributed by atoms with Gasteiger partial charge in [0.1, 0.15) is 11.3 Å². The number of aliphatic hydroxyl groups excluding tert-OH is 1. The quantitative estimate of drug-likeness (QED) is 0.757. The first-order valence-electron chi connectivity index (χ1n) is 6.65. The Hall–Kier alpha value is -1.78. The molecule has 108 valence electrons. The molecular formula is C17H15BrO3. The van der Waals surface area contributed by atoms with Crippen molar-refractivity contribution in [2.24, 2.45) is 0 Å². The van der Waals surface area contributed by atoms with Gasteiger partial charge in [0.2, 0.25) is 0 Å². The van der Waals surface area contributed by atoms with E-state index in [0.29, 0.717) is 6.42 Å². The number of hydrogen-bond acceptors (Lipinski definition) is 3. The number of para-hydroxylation sites is 1. The van der Waals surface area contributed by atoms with Gasteiger partial charge in [-0.3, -0.25) is 0 Å². The summed E-state index contributed by atoms with van der Waals surface area (Å²) in [6.45, 7) is 0. The summed E-state index contributed by atoms with van der Waals surface area (Å²) in [5, 5.41) is 11.4. The Balaban J connectivity index is 1.86. The summed E-state index contributed by atoms with van der Waals surface area (Å²) in [7, 11) is 1.63. The molecule has 0 saturated carbocycles. The second kappa shape index (κ2) is 5.92. The van der Waals surface area contributed by atoms with Crippen LogP contribution in [0.25, 0.3) is 11.0 Å². The van der Waals surface area contributed by atoms with Crippen molar-refractivity contribution in [3.63, 3.8) is 0 Å². The van der Waals surface area contributed by atoms with E-state index in [0.717, 1.165) is 32.3 Å². The maximum atomic E-state index is 10.5. The predicted octanol–water partition coefficient (Wildman–Crippen LogP) is 4.48. The largest absolute Gasteiger partial charge is 0.496 e. The van der Waals surface area contributed by atoms with Crippen molar-refractivity contribution in [2.45, 2.75) is 12.5 Å². The van der Waals surface area contributed by atoms with E-state index in [-0.39, 0.29) is 0 Å². The fourth-order valence-electron chi connectivity index (χ4n) is 2.43. The highest BCUT2D eigenvalue weighted by Crippen LogP contribution is 2.31. The molecule has 1 heterocycles. The average Bonchev–Trinajstić information content (AvgIpc) is 2.91. The summed E-state index contributed by atoms with van der Waals surface area (Å²) in [6, 6.07) is 13.5. The first-order valence-corrected chi connectivity index (χ1v) is 7.45. The lowest BCUT2D eigenvalue weighted by Gasteiger charge is -2.11. The Morgan fingerprint density at radius 1 is 1.24 bits per heavy atom. The Bertz CT molecular complexity index is 764. The second-order valence-electron chi connectivity index (χ2n) is 4.88. The van der Waals surface area contributed by atoms with Crippen LogP contribution in [0.15, 0.2) is 57.6 Å². The number of halogens is 1. The number of ether oxygens (including phenoxy) is 1. The smallest absolute Gasteiger partial charge is 0.134 e. The molecule has 3 rings (SSSR count). The van der Waals surface area contributed by atoms with Gasteiger partial charge in [0.05, 0.1) is 23.9 Å². The SMILES string of the molecule is COc1ccc(CC(O)c2coc3ccccc23)cc1Br. The van der Waals surface area contributed by atoms with Crippen LogP contribution >= 0.6 is 15.9 Å². The summed E-state index contributed by atoms with van der Waals surface area (Å²) in [5.41, 5.74) is 2.64. The van der Waals surface area contributed by atoms with Crippen molar-refractivity contribution in [2.75, 3.05) is 7.11 Å². The van der Waals surface area contributed by atoms with E-state index in [1.165, 1.54) is 0 Å². The molecule has 0 aliphatic carbocycles. The third kappa shape index (κ3) is 2.82. The van der Waals surface area contributed by atoms with Gasteiger partial charge in [-0.1, -0.05) is 24.3 Å². The van der Waals surface area contributed by atoms with Crippen LogP contribution in [0.1, 0.15) is 17.2 Å². The summed E-state index contributed by atoms with van der Waals surface area (Å²) in [4.78, 5) is 0. The molecule has 0 aliphatic rings. The normalized spacial score (nSPS) is 12.5. The number of rotatable bonds is 4. The van der Waals surface area contributed by atoms with Gasteiger partial charge in [-0.2, -0.15) is 0 Å². The number of hydrogen-bond donors (Lipinski definition) is 1. The van der Waals surface area contributed by atoms with Crippen LogP contribution < -0.4 is 4.74 Å². The van der Waals surface area contributed by atoms with Crippen LogP contribution in [0, 0.1) is 0 Å². The summed E-state index contributed by atoms with van der Waals surface area (Å²) in [6.07, 6.45) is 1.55. The van der Waals surface area contributed by atoms with Crippen LogP contribution in [0.5, 0.6) is 5.75 Å². The van der Waals surface area contributed by atoms with E-state index in [2.05, 4.69) is 15.9 Å². The van der Waals surface area contributed by atoms with Crippen LogP contribution in [-0.4, -0.2) is 12.2 Å². The molecule has 1 N–H and O–H groups in total. The minimum atomic E-state index is -0.603. The second-order valence-corrected chi connectivity index (χ2v) is 5.73. The van der Waals surface area contributed by atoms with Gasteiger partial charge < -0.3 is 14.3 Å². The predicted molar refractivity (Wildman–Crippen MR) is 85.6 cm³/mol. The number of methoxy groups -OCH3 is 1. The van der Waals surface area contributed by atoms with Crippen molar-refractivity contribution in [3.8, 4) is 5.75 Å². The highest BCUT2D eigenvalue weighted by molar-refractivity contribution is 9.10. The first-order chi connectivity index (χ1) is 10.2. The van der Waals surface area contributed by atoms with E-state index in [1.54, 1.807) is 13.4 Å². The maximum absolute atomic E-state index is 10.5. The van der Waals surface area contributed by atoms with Crippen LogP contribution in [0.3, 0.4) is 0 Å². The molecule has 0 aliphatic heterocycles. The summed E-state index contributed by atoms with van der Waals surface area (Å²) < 4.78 is 11.6. The van der Waals surface area contributed by atoms with Crippen molar-refractivity contribution < 1.29 is 14.3 Å². The third-order valence-corrected chi connectivity index (χ3v) is 4.13. The molecule has 3 nitrogen and oxygen atoms in total. The molecule has 0 spiro atoms. The molecular weight excluding hydrogens is 332 g/mol. The molecule has 1 aromatic heterocycles. The monoisotopic (exact) mass is 346 g/mol. The first kappa shape index (κ1) is 14.2. The molecule has 1 unspecified atom stereocenters. The highest BCUT2D eigenvalue weighted by atomic mass is 79.9. The Morgan fingerprint density at radius 2 is 2.05 bits per heavy atom. The molecule has 0 amide bonds. The minimum absolute atomic E-state index is 0.520. The van der Waals surface area contributed by atoms with E-state index in [9.17, 15) is 5.11 Å². The lowest BCUT2D eigenvalue weighted by atomic mass is 10.0. The van der Waals surface area contributed by atoms with Crippen molar-refractivity contribution in [3.05, 3.63) is 64.3 Å². The lowest BCUT2D eigenvalue weighted by molar-refractivity contribution is 0.179. The fourth-order valence-corrected chi connectivity index (χ4v) is 3.01. The van der Waals surface area contributed by atoms with E-state index in [4.69, 9.17) is 9.15 Å². The van der Waals surface area contributed by atoms with E-state index >= 15 is 0 Å². The number of furan rings is 1. The highest BCUT2D eigenvalue weighted by Gasteiger charge is 2.15. The summed E-state index contributed by atoms with van der Waals surface area (Å²) >= 11 is 3.46. The van der Waals surface area contributed by atoms with Gasteiger partial charge in [0.25, 0.3) is 0 Å². The Morgan fingerprint density at radius 3 is 2.81 bits per heavy atom. The zero-order chi connectivity index (χ0) is 14.8. The van der Waals surface area contributed by atoms with Crippen molar-refractivity contribution >= 4 is 26.9 Å². The van der Waals surface area contributed by atoms with Gasteiger partial charge in [-0.05, 0) is 39.7 Å². The van der Waals surface area contributed by atoms with Crippen LogP contribution in [-0.2, 0) is 6.42 Å². The molecule has 4 heteroatoms. The standard InChI is InChI=1S/C17H15BrO3/c1-20-17-7-6-11(8-14(17)18)9-15(19)13-10-21-16-5-3-2-4-12(13)16/h2-8,10,15,19H,9H2,1H3. The molecule has 0 saturated heterocycles.